The molecule has 4 heteroatoms. The Hall–Kier alpha value is -1.81. The number of hydrogen-bond acceptors (Lipinski definition) is 4. The zero-order valence-electron chi connectivity index (χ0n) is 10.1. The molecular formula is C13H16N4. The van der Waals surface area contributed by atoms with Crippen LogP contribution in [0.1, 0.15) is 18.1 Å². The van der Waals surface area contributed by atoms with Crippen molar-refractivity contribution >= 4 is 0 Å². The monoisotopic (exact) mass is 228 g/mol. The first-order valence-electron chi connectivity index (χ1n) is 5.65. The van der Waals surface area contributed by atoms with Crippen LogP contribution in [-0.2, 0) is 6.42 Å². The van der Waals surface area contributed by atoms with Gasteiger partial charge in [-0.3, -0.25) is 4.98 Å². The Morgan fingerprint density at radius 2 is 1.94 bits per heavy atom. The van der Waals surface area contributed by atoms with E-state index in [4.69, 9.17) is 5.73 Å². The lowest BCUT2D eigenvalue weighted by molar-refractivity contribution is 0.732. The highest BCUT2D eigenvalue weighted by Gasteiger charge is 2.06. The number of aromatic nitrogens is 3. The second-order valence-corrected chi connectivity index (χ2v) is 4.27. The molecule has 0 fully saturated rings. The average molecular weight is 228 g/mol. The van der Waals surface area contributed by atoms with Crippen molar-refractivity contribution in [1.29, 1.82) is 0 Å². The van der Waals surface area contributed by atoms with Gasteiger partial charge in [0.2, 0.25) is 0 Å². The van der Waals surface area contributed by atoms with Crippen LogP contribution in [0.5, 0.6) is 0 Å². The third-order valence-electron chi connectivity index (χ3n) is 2.48. The van der Waals surface area contributed by atoms with Crippen LogP contribution in [0, 0.1) is 6.92 Å². The van der Waals surface area contributed by atoms with Gasteiger partial charge in [0.05, 0.1) is 0 Å². The number of pyridine rings is 1. The fraction of sp³-hybridized carbons (Fsp3) is 0.308. The van der Waals surface area contributed by atoms with Gasteiger partial charge >= 0.3 is 0 Å². The highest BCUT2D eigenvalue weighted by Crippen LogP contribution is 2.15. The summed E-state index contributed by atoms with van der Waals surface area (Å²) in [5.74, 6) is 0.663. The van der Waals surface area contributed by atoms with E-state index in [0.29, 0.717) is 5.82 Å². The van der Waals surface area contributed by atoms with E-state index in [-0.39, 0.29) is 6.04 Å². The van der Waals surface area contributed by atoms with Gasteiger partial charge < -0.3 is 5.73 Å². The fourth-order valence-corrected chi connectivity index (χ4v) is 1.67. The zero-order valence-corrected chi connectivity index (χ0v) is 10.1. The molecule has 2 N–H and O–H groups in total. The van der Waals surface area contributed by atoms with E-state index in [1.165, 1.54) is 0 Å². The predicted octanol–water partition coefficient (Wildman–Crippen LogP) is 1.74. The summed E-state index contributed by atoms with van der Waals surface area (Å²) in [5.41, 5.74) is 8.69. The van der Waals surface area contributed by atoms with Crippen LogP contribution >= 0.6 is 0 Å². The molecule has 0 amide bonds. The molecule has 0 aromatic carbocycles. The average Bonchev–Trinajstić information content (AvgIpc) is 2.30. The Balaban J connectivity index is 2.27. The van der Waals surface area contributed by atoms with Gasteiger partial charge in [0.1, 0.15) is 5.69 Å². The van der Waals surface area contributed by atoms with Gasteiger partial charge in [-0.2, -0.15) is 0 Å². The molecule has 1 atom stereocenters. The topological polar surface area (TPSA) is 64.7 Å². The summed E-state index contributed by atoms with van der Waals surface area (Å²) in [5, 5.41) is 0. The lowest BCUT2D eigenvalue weighted by atomic mass is 10.1. The molecular weight excluding hydrogens is 212 g/mol. The lowest BCUT2D eigenvalue weighted by Crippen LogP contribution is -2.18. The minimum absolute atomic E-state index is 0.126. The zero-order chi connectivity index (χ0) is 12.3. The Bertz CT molecular complexity index is 491. The molecule has 0 radical (unpaired) electrons. The summed E-state index contributed by atoms with van der Waals surface area (Å²) >= 11 is 0. The maximum atomic E-state index is 5.73. The van der Waals surface area contributed by atoms with Crippen LogP contribution in [0.4, 0.5) is 0 Å². The Morgan fingerprint density at radius 3 is 2.53 bits per heavy atom. The summed E-state index contributed by atoms with van der Waals surface area (Å²) in [7, 11) is 0. The molecule has 0 bridgehead atoms. The van der Waals surface area contributed by atoms with Crippen molar-refractivity contribution < 1.29 is 0 Å². The van der Waals surface area contributed by atoms with Gasteiger partial charge in [0, 0.05) is 24.6 Å². The fourth-order valence-electron chi connectivity index (χ4n) is 1.67. The molecule has 17 heavy (non-hydrogen) atoms. The van der Waals surface area contributed by atoms with Gasteiger partial charge in [-0.1, -0.05) is 6.07 Å². The number of nitrogens with zero attached hydrogens (tertiary/aromatic N) is 3. The van der Waals surface area contributed by atoms with E-state index in [1.807, 2.05) is 38.4 Å². The van der Waals surface area contributed by atoms with Crippen molar-refractivity contribution in [2.24, 2.45) is 5.73 Å². The van der Waals surface area contributed by atoms with Crippen molar-refractivity contribution in [3.05, 3.63) is 41.9 Å². The van der Waals surface area contributed by atoms with Gasteiger partial charge in [-0.05, 0) is 37.5 Å². The predicted molar refractivity (Wildman–Crippen MR) is 67.4 cm³/mol. The van der Waals surface area contributed by atoms with E-state index in [1.54, 1.807) is 6.20 Å². The van der Waals surface area contributed by atoms with Crippen LogP contribution < -0.4 is 5.73 Å². The Morgan fingerprint density at radius 1 is 1.24 bits per heavy atom. The smallest absolute Gasteiger partial charge is 0.178 e. The first-order valence-corrected chi connectivity index (χ1v) is 5.65. The molecule has 88 valence electrons. The molecule has 1 unspecified atom stereocenters. The quantitative estimate of drug-likeness (QED) is 0.869. The van der Waals surface area contributed by atoms with Crippen molar-refractivity contribution in [2.75, 3.05) is 0 Å². The number of nitrogens with two attached hydrogens (primary N) is 1. The Kier molecular flexibility index (Phi) is 3.44. The summed E-state index contributed by atoms with van der Waals surface area (Å²) < 4.78 is 0. The maximum absolute atomic E-state index is 5.73. The van der Waals surface area contributed by atoms with Crippen molar-refractivity contribution in [2.45, 2.75) is 26.3 Å². The van der Waals surface area contributed by atoms with E-state index in [0.717, 1.165) is 23.2 Å². The van der Waals surface area contributed by atoms with E-state index in [9.17, 15) is 0 Å². The number of rotatable bonds is 3. The normalized spacial score (nSPS) is 12.4. The standard InChI is InChI=1S/C13H16N4/c1-9-4-3-5-15-12(9)13-16-7-11(8-17-13)6-10(2)14/h3-5,7-8,10H,6,14H2,1-2H3. The lowest BCUT2D eigenvalue weighted by Gasteiger charge is -2.06. The molecule has 2 rings (SSSR count). The third-order valence-corrected chi connectivity index (χ3v) is 2.48. The van der Waals surface area contributed by atoms with Crippen LogP contribution in [0.15, 0.2) is 30.7 Å². The highest BCUT2D eigenvalue weighted by atomic mass is 14.9. The second-order valence-electron chi connectivity index (χ2n) is 4.27. The molecule has 2 aromatic heterocycles. The van der Waals surface area contributed by atoms with Crippen LogP contribution in [-0.4, -0.2) is 21.0 Å². The molecule has 2 heterocycles. The van der Waals surface area contributed by atoms with Gasteiger partial charge in [0.15, 0.2) is 5.82 Å². The van der Waals surface area contributed by atoms with Crippen molar-refractivity contribution in [3.8, 4) is 11.5 Å². The van der Waals surface area contributed by atoms with Crippen LogP contribution in [0.3, 0.4) is 0 Å². The minimum atomic E-state index is 0.126. The molecule has 0 aliphatic carbocycles. The largest absolute Gasteiger partial charge is 0.328 e. The maximum Gasteiger partial charge on any atom is 0.178 e. The number of hydrogen-bond donors (Lipinski definition) is 1. The second kappa shape index (κ2) is 5.01. The molecule has 0 aliphatic rings. The minimum Gasteiger partial charge on any atom is -0.328 e. The first kappa shape index (κ1) is 11.7. The molecule has 0 spiro atoms. The molecule has 0 aliphatic heterocycles. The van der Waals surface area contributed by atoms with E-state index >= 15 is 0 Å². The van der Waals surface area contributed by atoms with Crippen LogP contribution in [0.25, 0.3) is 11.5 Å². The molecule has 0 saturated heterocycles. The Labute approximate surface area is 101 Å². The van der Waals surface area contributed by atoms with Gasteiger partial charge in [-0.15, -0.1) is 0 Å². The molecule has 4 nitrogen and oxygen atoms in total. The van der Waals surface area contributed by atoms with Gasteiger partial charge in [-0.25, -0.2) is 9.97 Å². The SMILES string of the molecule is Cc1cccnc1-c1ncc(CC(C)N)cn1. The van der Waals surface area contributed by atoms with Crippen molar-refractivity contribution in [1.82, 2.24) is 15.0 Å². The first-order chi connectivity index (χ1) is 8.16. The molecule has 0 saturated carbocycles. The summed E-state index contributed by atoms with van der Waals surface area (Å²) in [6.07, 6.45) is 6.18. The van der Waals surface area contributed by atoms with Crippen molar-refractivity contribution in [3.63, 3.8) is 0 Å². The number of aryl methyl sites for hydroxylation is 1. The third kappa shape index (κ3) is 2.85. The summed E-state index contributed by atoms with van der Waals surface area (Å²) in [6, 6.07) is 4.03. The van der Waals surface area contributed by atoms with E-state index < -0.39 is 0 Å². The van der Waals surface area contributed by atoms with E-state index in [2.05, 4.69) is 15.0 Å². The van der Waals surface area contributed by atoms with Crippen LogP contribution in [0.2, 0.25) is 0 Å². The highest BCUT2D eigenvalue weighted by molar-refractivity contribution is 5.53. The van der Waals surface area contributed by atoms with Gasteiger partial charge in [0.25, 0.3) is 0 Å². The summed E-state index contributed by atoms with van der Waals surface area (Å²) in [6.45, 7) is 3.97. The molecule has 2 aromatic rings. The summed E-state index contributed by atoms with van der Waals surface area (Å²) in [4.78, 5) is 13.0.